The van der Waals surface area contributed by atoms with Crippen LogP contribution in [0.4, 0.5) is 24.8 Å². The van der Waals surface area contributed by atoms with Crippen LogP contribution in [0.25, 0.3) is 11.0 Å². The number of non-ortho nitro benzene ring substituents is 1. The van der Waals surface area contributed by atoms with Gasteiger partial charge in [-0.15, -0.1) is 0 Å². The number of nitro groups is 1. The number of aromatic amines is 1. The van der Waals surface area contributed by atoms with E-state index in [9.17, 15) is 36.8 Å². The number of fused-ring (bicyclic) bond motifs is 1. The van der Waals surface area contributed by atoms with Gasteiger partial charge in [0, 0.05) is 6.07 Å². The van der Waals surface area contributed by atoms with Crippen LogP contribution in [0.15, 0.2) is 41.3 Å². The number of halogens is 3. The van der Waals surface area contributed by atoms with Gasteiger partial charge in [0.2, 0.25) is 5.95 Å². The monoisotopic (exact) mass is 402 g/mol. The van der Waals surface area contributed by atoms with Gasteiger partial charge in [0.25, 0.3) is 15.7 Å². The molecule has 142 valence electrons. The number of phenols is 1. The quantitative estimate of drug-likeness (QED) is 0.453. The number of nitrogens with zero attached hydrogens (tertiary/aromatic N) is 2. The number of nitrogens with one attached hydrogen (secondary N) is 2. The molecule has 0 saturated heterocycles. The highest BCUT2D eigenvalue weighted by Crippen LogP contribution is 2.32. The first-order valence-corrected chi connectivity index (χ1v) is 8.53. The Morgan fingerprint density at radius 2 is 1.89 bits per heavy atom. The zero-order chi connectivity index (χ0) is 20.0. The minimum atomic E-state index is -4.58. The summed E-state index contributed by atoms with van der Waals surface area (Å²) in [6.07, 6.45) is -4.58. The fourth-order valence-corrected chi connectivity index (χ4v) is 3.31. The lowest BCUT2D eigenvalue weighted by molar-refractivity contribution is -0.385. The summed E-state index contributed by atoms with van der Waals surface area (Å²) in [6.45, 7) is 0. The number of hydrogen-bond acceptors (Lipinski definition) is 6. The molecule has 0 aliphatic rings. The number of imidazole rings is 1. The van der Waals surface area contributed by atoms with E-state index in [1.807, 2.05) is 4.72 Å². The highest BCUT2D eigenvalue weighted by atomic mass is 32.2. The Labute approximate surface area is 148 Å². The summed E-state index contributed by atoms with van der Waals surface area (Å²) in [4.78, 5) is 15.4. The predicted molar refractivity (Wildman–Crippen MR) is 86.7 cm³/mol. The maximum Gasteiger partial charge on any atom is 0.416 e. The molecule has 13 heteroatoms. The summed E-state index contributed by atoms with van der Waals surface area (Å²) in [5.41, 5.74) is -1.44. The van der Waals surface area contributed by atoms with Crippen LogP contribution >= 0.6 is 0 Å². The minimum Gasteiger partial charge on any atom is -0.506 e. The van der Waals surface area contributed by atoms with E-state index in [4.69, 9.17) is 0 Å². The molecule has 0 fully saturated rings. The van der Waals surface area contributed by atoms with Crippen molar-refractivity contribution < 1.29 is 31.6 Å². The molecule has 0 aliphatic heterocycles. The maximum atomic E-state index is 12.7. The summed E-state index contributed by atoms with van der Waals surface area (Å²) in [6, 6.07) is 4.98. The molecule has 1 heterocycles. The smallest absolute Gasteiger partial charge is 0.416 e. The molecule has 0 amide bonds. The van der Waals surface area contributed by atoms with Crippen molar-refractivity contribution in [3.05, 3.63) is 52.1 Å². The standard InChI is InChI=1S/C14H9F3N4O5S/c15-14(16,17)7-1-3-9-10(5-7)19-13(18-9)20-27(25,26)12-4-2-8(21(23)24)6-11(12)22/h1-6,22H,(H2,18,19,20). The second-order valence-electron chi connectivity index (χ2n) is 5.33. The molecule has 0 aliphatic carbocycles. The molecular formula is C14H9F3N4O5S. The highest BCUT2D eigenvalue weighted by molar-refractivity contribution is 7.92. The lowest BCUT2D eigenvalue weighted by Crippen LogP contribution is -2.14. The van der Waals surface area contributed by atoms with Gasteiger partial charge in [-0.2, -0.15) is 13.2 Å². The van der Waals surface area contributed by atoms with Gasteiger partial charge in [0.15, 0.2) is 0 Å². The number of aromatic hydroxyl groups is 1. The van der Waals surface area contributed by atoms with E-state index < -0.39 is 43.0 Å². The van der Waals surface area contributed by atoms with Gasteiger partial charge in [-0.25, -0.2) is 18.1 Å². The zero-order valence-electron chi connectivity index (χ0n) is 13.0. The molecule has 0 saturated carbocycles. The van der Waals surface area contributed by atoms with Crippen molar-refractivity contribution in [1.29, 1.82) is 0 Å². The Morgan fingerprint density at radius 1 is 1.19 bits per heavy atom. The summed E-state index contributed by atoms with van der Waals surface area (Å²) in [7, 11) is -4.41. The molecule has 3 rings (SSSR count). The van der Waals surface area contributed by atoms with Crippen molar-refractivity contribution in [2.75, 3.05) is 4.72 Å². The van der Waals surface area contributed by atoms with Crippen LogP contribution in [0.5, 0.6) is 5.75 Å². The van der Waals surface area contributed by atoms with Crippen LogP contribution in [0.2, 0.25) is 0 Å². The number of H-pyrrole nitrogens is 1. The number of alkyl halides is 3. The van der Waals surface area contributed by atoms with Crippen molar-refractivity contribution in [2.45, 2.75) is 11.1 Å². The average Bonchev–Trinajstić information content (AvgIpc) is 2.93. The predicted octanol–water partition coefficient (Wildman–Crippen LogP) is 3.00. The summed E-state index contributed by atoms with van der Waals surface area (Å²) in [5, 5.41) is 20.4. The van der Waals surface area contributed by atoms with Crippen molar-refractivity contribution in [1.82, 2.24) is 9.97 Å². The molecule has 1 aromatic heterocycles. The molecule has 27 heavy (non-hydrogen) atoms. The number of nitro benzene ring substituents is 1. The third-order valence-corrected chi connectivity index (χ3v) is 4.87. The lowest BCUT2D eigenvalue weighted by Gasteiger charge is -2.07. The van der Waals surface area contributed by atoms with Gasteiger partial charge in [-0.3, -0.25) is 10.1 Å². The fraction of sp³-hybridized carbons (Fsp3) is 0.0714. The number of benzene rings is 2. The van der Waals surface area contributed by atoms with Crippen LogP contribution in [0, 0.1) is 10.1 Å². The van der Waals surface area contributed by atoms with Crippen LogP contribution in [0.1, 0.15) is 5.56 Å². The second kappa shape index (κ2) is 6.12. The topological polar surface area (TPSA) is 138 Å². The molecule has 0 radical (unpaired) electrons. The number of anilines is 1. The van der Waals surface area contributed by atoms with Crippen molar-refractivity contribution >= 4 is 32.7 Å². The molecule has 0 spiro atoms. The van der Waals surface area contributed by atoms with Gasteiger partial charge < -0.3 is 10.1 Å². The molecular weight excluding hydrogens is 393 g/mol. The molecule has 9 nitrogen and oxygen atoms in total. The van der Waals surface area contributed by atoms with E-state index in [-0.39, 0.29) is 17.0 Å². The van der Waals surface area contributed by atoms with E-state index in [1.54, 1.807) is 0 Å². The fourth-order valence-electron chi connectivity index (χ4n) is 2.26. The SMILES string of the molecule is O=[N+]([O-])c1ccc(S(=O)(=O)Nc2nc3ccc(C(F)(F)F)cc3[nH]2)c(O)c1. The molecule has 2 aromatic carbocycles. The molecule has 3 aromatic rings. The van der Waals surface area contributed by atoms with Gasteiger partial charge in [-0.05, 0) is 24.3 Å². The number of sulfonamides is 1. The Balaban J connectivity index is 1.95. The number of phenolic OH excluding ortho intramolecular Hbond substituents is 1. The number of rotatable bonds is 4. The Bertz CT molecular complexity index is 1160. The van der Waals surface area contributed by atoms with E-state index >= 15 is 0 Å². The summed E-state index contributed by atoms with van der Waals surface area (Å²) >= 11 is 0. The Hall–Kier alpha value is -3.35. The molecule has 0 bridgehead atoms. The van der Waals surface area contributed by atoms with Gasteiger partial charge >= 0.3 is 6.18 Å². The summed E-state index contributed by atoms with van der Waals surface area (Å²) < 4.78 is 64.8. The van der Waals surface area contributed by atoms with Gasteiger partial charge in [-0.1, -0.05) is 0 Å². The van der Waals surface area contributed by atoms with Crippen LogP contribution in [0.3, 0.4) is 0 Å². The largest absolute Gasteiger partial charge is 0.506 e. The third-order valence-electron chi connectivity index (χ3n) is 3.48. The van der Waals surface area contributed by atoms with E-state index in [0.29, 0.717) is 6.07 Å². The Kier molecular flexibility index (Phi) is 4.18. The first kappa shape index (κ1) is 18.4. The first-order chi connectivity index (χ1) is 12.5. The molecule has 3 N–H and O–H groups in total. The van der Waals surface area contributed by atoms with Crippen molar-refractivity contribution in [2.24, 2.45) is 0 Å². The number of aromatic nitrogens is 2. The average molecular weight is 402 g/mol. The van der Waals surface area contributed by atoms with Crippen molar-refractivity contribution in [3.8, 4) is 5.75 Å². The second-order valence-corrected chi connectivity index (χ2v) is 6.98. The molecule has 0 atom stereocenters. The molecule has 0 unspecified atom stereocenters. The van der Waals surface area contributed by atoms with Crippen molar-refractivity contribution in [3.63, 3.8) is 0 Å². The maximum absolute atomic E-state index is 12.7. The normalized spacial score (nSPS) is 12.3. The van der Waals surface area contributed by atoms with E-state index in [0.717, 1.165) is 30.3 Å². The zero-order valence-corrected chi connectivity index (χ0v) is 13.8. The van der Waals surface area contributed by atoms with Crippen LogP contribution in [-0.4, -0.2) is 28.4 Å². The van der Waals surface area contributed by atoms with Gasteiger partial charge in [0.1, 0.15) is 10.6 Å². The van der Waals surface area contributed by atoms with E-state index in [1.165, 1.54) is 0 Å². The van der Waals surface area contributed by atoms with Crippen LogP contribution in [-0.2, 0) is 16.2 Å². The van der Waals surface area contributed by atoms with Crippen LogP contribution < -0.4 is 4.72 Å². The lowest BCUT2D eigenvalue weighted by atomic mass is 10.2. The third kappa shape index (κ3) is 3.62. The Morgan fingerprint density at radius 3 is 2.48 bits per heavy atom. The highest BCUT2D eigenvalue weighted by Gasteiger charge is 2.31. The number of hydrogen-bond donors (Lipinski definition) is 3. The van der Waals surface area contributed by atoms with Gasteiger partial charge in [0.05, 0.1) is 27.6 Å². The minimum absolute atomic E-state index is 0.0598. The first-order valence-electron chi connectivity index (χ1n) is 7.04. The summed E-state index contributed by atoms with van der Waals surface area (Å²) in [5.74, 6) is -1.26. The van der Waals surface area contributed by atoms with E-state index in [2.05, 4.69) is 9.97 Å².